The van der Waals surface area contributed by atoms with Gasteiger partial charge in [-0.25, -0.2) is 4.79 Å². The van der Waals surface area contributed by atoms with E-state index >= 15 is 0 Å². The molecule has 0 aliphatic rings. The second-order valence-electron chi connectivity index (χ2n) is 3.69. The van der Waals surface area contributed by atoms with Crippen molar-refractivity contribution in [3.8, 4) is 0 Å². The number of carbonyl (C=O) groups excluding carboxylic acids is 2. The Bertz CT molecular complexity index is 231. The van der Waals surface area contributed by atoms with Crippen molar-refractivity contribution in [2.24, 2.45) is 5.92 Å². The third-order valence-electron chi connectivity index (χ3n) is 2.15. The van der Waals surface area contributed by atoms with Gasteiger partial charge < -0.3 is 15.4 Å². The van der Waals surface area contributed by atoms with Crippen molar-refractivity contribution >= 4 is 11.9 Å². The van der Waals surface area contributed by atoms with Gasteiger partial charge in [0.05, 0.1) is 6.61 Å². The molecule has 5 nitrogen and oxygen atoms in total. The first kappa shape index (κ1) is 14.9. The van der Waals surface area contributed by atoms with E-state index in [-0.39, 0.29) is 11.8 Å². The SMILES string of the molecule is CCNCC(C)C(=O)NC(C)C(=O)OCC. The van der Waals surface area contributed by atoms with E-state index in [2.05, 4.69) is 10.6 Å². The van der Waals surface area contributed by atoms with Crippen LogP contribution in [-0.2, 0) is 14.3 Å². The second-order valence-corrected chi connectivity index (χ2v) is 3.69. The number of carbonyl (C=O) groups is 2. The molecule has 0 saturated heterocycles. The maximum Gasteiger partial charge on any atom is 0.328 e. The monoisotopic (exact) mass is 230 g/mol. The first-order valence-electron chi connectivity index (χ1n) is 5.70. The molecule has 0 fully saturated rings. The lowest BCUT2D eigenvalue weighted by Gasteiger charge is -2.16. The molecule has 2 atom stereocenters. The lowest BCUT2D eigenvalue weighted by molar-refractivity contribution is -0.147. The van der Waals surface area contributed by atoms with Crippen molar-refractivity contribution in [1.82, 2.24) is 10.6 Å². The van der Waals surface area contributed by atoms with Crippen LogP contribution >= 0.6 is 0 Å². The van der Waals surface area contributed by atoms with E-state index in [1.807, 2.05) is 13.8 Å². The van der Waals surface area contributed by atoms with Gasteiger partial charge in [-0.05, 0) is 20.4 Å². The van der Waals surface area contributed by atoms with Gasteiger partial charge in [0, 0.05) is 12.5 Å². The van der Waals surface area contributed by atoms with Crippen LogP contribution < -0.4 is 10.6 Å². The minimum atomic E-state index is -0.587. The van der Waals surface area contributed by atoms with E-state index in [1.165, 1.54) is 0 Å². The Kier molecular flexibility index (Phi) is 7.54. The molecule has 1 amide bonds. The summed E-state index contributed by atoms with van der Waals surface area (Å²) in [5, 5.41) is 5.70. The lowest BCUT2D eigenvalue weighted by atomic mass is 10.1. The molecule has 0 spiro atoms. The summed E-state index contributed by atoms with van der Waals surface area (Å²) >= 11 is 0. The van der Waals surface area contributed by atoms with Crippen LogP contribution in [0.25, 0.3) is 0 Å². The summed E-state index contributed by atoms with van der Waals surface area (Å²) in [6, 6.07) is -0.587. The minimum Gasteiger partial charge on any atom is -0.464 e. The van der Waals surface area contributed by atoms with Crippen molar-refractivity contribution in [2.75, 3.05) is 19.7 Å². The molecule has 0 aliphatic heterocycles. The zero-order chi connectivity index (χ0) is 12.6. The summed E-state index contributed by atoms with van der Waals surface area (Å²) < 4.78 is 4.80. The molecular formula is C11H22N2O3. The predicted molar refractivity (Wildman–Crippen MR) is 61.9 cm³/mol. The third kappa shape index (κ3) is 5.70. The maximum absolute atomic E-state index is 11.6. The van der Waals surface area contributed by atoms with Crippen LogP contribution in [0.15, 0.2) is 0 Å². The quantitative estimate of drug-likeness (QED) is 0.617. The van der Waals surface area contributed by atoms with E-state index in [9.17, 15) is 9.59 Å². The molecule has 16 heavy (non-hydrogen) atoms. The van der Waals surface area contributed by atoms with Gasteiger partial charge in [0.15, 0.2) is 0 Å². The summed E-state index contributed by atoms with van der Waals surface area (Å²) in [5.41, 5.74) is 0. The molecule has 5 heteroatoms. The first-order chi connectivity index (χ1) is 7.52. The number of ether oxygens (including phenoxy) is 1. The van der Waals surface area contributed by atoms with E-state index in [0.29, 0.717) is 13.2 Å². The Morgan fingerprint density at radius 2 is 1.88 bits per heavy atom. The molecular weight excluding hydrogens is 208 g/mol. The van der Waals surface area contributed by atoms with Crippen molar-refractivity contribution in [1.29, 1.82) is 0 Å². The van der Waals surface area contributed by atoms with Gasteiger partial charge in [-0.1, -0.05) is 13.8 Å². The molecule has 0 saturated carbocycles. The molecule has 0 aromatic rings. The number of esters is 1. The summed E-state index contributed by atoms with van der Waals surface area (Å²) in [5.74, 6) is -0.690. The van der Waals surface area contributed by atoms with Gasteiger partial charge in [0.25, 0.3) is 0 Å². The topological polar surface area (TPSA) is 67.4 Å². The van der Waals surface area contributed by atoms with Crippen LogP contribution in [0.4, 0.5) is 0 Å². The Morgan fingerprint density at radius 3 is 2.38 bits per heavy atom. The highest BCUT2D eigenvalue weighted by Gasteiger charge is 2.19. The lowest BCUT2D eigenvalue weighted by Crippen LogP contribution is -2.44. The average Bonchev–Trinajstić information content (AvgIpc) is 2.25. The van der Waals surface area contributed by atoms with Gasteiger partial charge in [-0.2, -0.15) is 0 Å². The average molecular weight is 230 g/mol. The van der Waals surface area contributed by atoms with E-state index in [1.54, 1.807) is 13.8 Å². The van der Waals surface area contributed by atoms with Crippen molar-refractivity contribution in [2.45, 2.75) is 33.7 Å². The molecule has 2 unspecified atom stereocenters. The van der Waals surface area contributed by atoms with E-state index in [0.717, 1.165) is 6.54 Å². The normalized spacial score (nSPS) is 14.0. The van der Waals surface area contributed by atoms with Gasteiger partial charge in [-0.15, -0.1) is 0 Å². The standard InChI is InChI=1S/C11H22N2O3/c1-5-12-7-8(3)10(14)13-9(4)11(15)16-6-2/h8-9,12H,5-7H2,1-4H3,(H,13,14). The van der Waals surface area contributed by atoms with Crippen LogP contribution in [0.3, 0.4) is 0 Å². The van der Waals surface area contributed by atoms with Gasteiger partial charge in [0.2, 0.25) is 5.91 Å². The Hall–Kier alpha value is -1.10. The van der Waals surface area contributed by atoms with Crippen LogP contribution in [0.1, 0.15) is 27.7 Å². The van der Waals surface area contributed by atoms with Crippen LogP contribution in [0.5, 0.6) is 0 Å². The summed E-state index contributed by atoms with van der Waals surface area (Å²) in [6.45, 7) is 8.91. The highest BCUT2D eigenvalue weighted by Crippen LogP contribution is 1.95. The minimum absolute atomic E-state index is 0.137. The van der Waals surface area contributed by atoms with Crippen molar-refractivity contribution in [3.05, 3.63) is 0 Å². The molecule has 0 bridgehead atoms. The molecule has 0 aliphatic carbocycles. The van der Waals surface area contributed by atoms with Crippen LogP contribution in [0.2, 0.25) is 0 Å². The number of amides is 1. The van der Waals surface area contributed by atoms with Gasteiger partial charge in [0.1, 0.15) is 6.04 Å². The Labute approximate surface area is 96.9 Å². The highest BCUT2D eigenvalue weighted by molar-refractivity contribution is 5.85. The van der Waals surface area contributed by atoms with Crippen molar-refractivity contribution in [3.63, 3.8) is 0 Å². The molecule has 2 N–H and O–H groups in total. The number of hydrogen-bond donors (Lipinski definition) is 2. The van der Waals surface area contributed by atoms with Crippen molar-refractivity contribution < 1.29 is 14.3 Å². The largest absolute Gasteiger partial charge is 0.464 e. The Balaban J connectivity index is 3.97. The van der Waals surface area contributed by atoms with Crippen LogP contribution in [-0.4, -0.2) is 37.6 Å². The van der Waals surface area contributed by atoms with E-state index < -0.39 is 12.0 Å². The smallest absolute Gasteiger partial charge is 0.328 e. The molecule has 0 heterocycles. The molecule has 0 aromatic carbocycles. The van der Waals surface area contributed by atoms with Gasteiger partial charge in [-0.3, -0.25) is 4.79 Å². The van der Waals surface area contributed by atoms with E-state index in [4.69, 9.17) is 4.74 Å². The zero-order valence-corrected chi connectivity index (χ0v) is 10.5. The predicted octanol–water partition coefficient (Wildman–Crippen LogP) is 0.300. The summed E-state index contributed by atoms with van der Waals surface area (Å²) in [6.07, 6.45) is 0. The fraction of sp³-hybridized carbons (Fsp3) is 0.818. The van der Waals surface area contributed by atoms with Crippen LogP contribution in [0, 0.1) is 5.92 Å². The Morgan fingerprint density at radius 1 is 1.25 bits per heavy atom. The second kappa shape index (κ2) is 8.10. The fourth-order valence-electron chi connectivity index (χ4n) is 1.14. The number of rotatable bonds is 7. The molecule has 0 radical (unpaired) electrons. The zero-order valence-electron chi connectivity index (χ0n) is 10.5. The fourth-order valence-corrected chi connectivity index (χ4v) is 1.14. The highest BCUT2D eigenvalue weighted by atomic mass is 16.5. The summed E-state index contributed by atoms with van der Waals surface area (Å²) in [4.78, 5) is 22.9. The molecule has 0 aromatic heterocycles. The summed E-state index contributed by atoms with van der Waals surface area (Å²) in [7, 11) is 0. The molecule has 94 valence electrons. The molecule has 0 rings (SSSR count). The number of hydrogen-bond acceptors (Lipinski definition) is 4. The first-order valence-corrected chi connectivity index (χ1v) is 5.70. The third-order valence-corrected chi connectivity index (χ3v) is 2.15. The number of nitrogens with one attached hydrogen (secondary N) is 2. The maximum atomic E-state index is 11.6. The van der Waals surface area contributed by atoms with Gasteiger partial charge >= 0.3 is 5.97 Å².